The van der Waals surface area contributed by atoms with Gasteiger partial charge in [-0.25, -0.2) is 4.39 Å². The van der Waals surface area contributed by atoms with E-state index in [-0.39, 0.29) is 5.82 Å². The average Bonchev–Trinajstić information content (AvgIpc) is 2.19. The number of rotatable bonds is 5. The van der Waals surface area contributed by atoms with E-state index in [0.29, 0.717) is 12.8 Å². The SMILES string of the molecule is C=CCCC(C)(O)Cc1ccc(F)cc1C. The number of hydrogen-bond acceptors (Lipinski definition) is 1. The van der Waals surface area contributed by atoms with Crippen LogP contribution in [0.15, 0.2) is 30.9 Å². The third kappa shape index (κ3) is 3.78. The van der Waals surface area contributed by atoms with Crippen molar-refractivity contribution >= 4 is 0 Å². The monoisotopic (exact) mass is 222 g/mol. The highest BCUT2D eigenvalue weighted by atomic mass is 19.1. The van der Waals surface area contributed by atoms with Gasteiger partial charge in [-0.05, 0) is 49.9 Å². The minimum Gasteiger partial charge on any atom is -0.390 e. The molecular formula is C14H19FO. The molecule has 0 aromatic heterocycles. The molecule has 0 aliphatic carbocycles. The van der Waals surface area contributed by atoms with Crippen molar-refractivity contribution in [3.63, 3.8) is 0 Å². The lowest BCUT2D eigenvalue weighted by molar-refractivity contribution is 0.0521. The highest BCUT2D eigenvalue weighted by Crippen LogP contribution is 2.21. The van der Waals surface area contributed by atoms with Gasteiger partial charge >= 0.3 is 0 Å². The Bertz CT molecular complexity index is 369. The molecule has 1 unspecified atom stereocenters. The quantitative estimate of drug-likeness (QED) is 0.757. The van der Waals surface area contributed by atoms with Crippen LogP contribution in [0, 0.1) is 12.7 Å². The van der Waals surface area contributed by atoms with Gasteiger partial charge in [0.25, 0.3) is 0 Å². The summed E-state index contributed by atoms with van der Waals surface area (Å²) >= 11 is 0. The van der Waals surface area contributed by atoms with Gasteiger partial charge in [-0.1, -0.05) is 12.1 Å². The van der Waals surface area contributed by atoms with Crippen molar-refractivity contribution in [1.82, 2.24) is 0 Å². The summed E-state index contributed by atoms with van der Waals surface area (Å²) < 4.78 is 12.9. The van der Waals surface area contributed by atoms with Gasteiger partial charge in [0.15, 0.2) is 0 Å². The summed E-state index contributed by atoms with van der Waals surface area (Å²) in [6, 6.07) is 4.68. The summed E-state index contributed by atoms with van der Waals surface area (Å²) in [6.07, 6.45) is 3.81. The molecule has 1 N–H and O–H groups in total. The van der Waals surface area contributed by atoms with E-state index in [1.165, 1.54) is 12.1 Å². The minimum absolute atomic E-state index is 0.230. The molecule has 0 fully saturated rings. The van der Waals surface area contributed by atoms with Crippen LogP contribution in [0.4, 0.5) is 4.39 Å². The standard InChI is InChI=1S/C14H19FO/c1-4-5-8-14(3,16)10-12-6-7-13(15)9-11(12)2/h4,6-7,9,16H,1,5,8,10H2,2-3H3. The van der Waals surface area contributed by atoms with Crippen molar-refractivity contribution in [3.05, 3.63) is 47.8 Å². The molecule has 1 rings (SSSR count). The topological polar surface area (TPSA) is 20.2 Å². The van der Waals surface area contributed by atoms with Gasteiger partial charge in [-0.2, -0.15) is 0 Å². The molecule has 1 nitrogen and oxygen atoms in total. The van der Waals surface area contributed by atoms with Crippen molar-refractivity contribution in [1.29, 1.82) is 0 Å². The highest BCUT2D eigenvalue weighted by Gasteiger charge is 2.20. The molecule has 0 aliphatic rings. The molecule has 0 saturated heterocycles. The van der Waals surface area contributed by atoms with E-state index in [0.717, 1.165) is 17.5 Å². The van der Waals surface area contributed by atoms with Crippen LogP contribution in [0.1, 0.15) is 30.9 Å². The molecule has 1 atom stereocenters. The van der Waals surface area contributed by atoms with Gasteiger partial charge in [0.2, 0.25) is 0 Å². The maximum absolute atomic E-state index is 12.9. The molecule has 0 spiro atoms. The van der Waals surface area contributed by atoms with Crippen molar-refractivity contribution in [2.24, 2.45) is 0 Å². The van der Waals surface area contributed by atoms with Crippen LogP contribution in [-0.4, -0.2) is 10.7 Å². The lowest BCUT2D eigenvalue weighted by Crippen LogP contribution is -2.27. The minimum atomic E-state index is -0.753. The third-order valence-corrected chi connectivity index (χ3v) is 2.76. The first kappa shape index (κ1) is 12.9. The molecular weight excluding hydrogens is 203 g/mol. The lowest BCUT2D eigenvalue weighted by atomic mass is 9.90. The Morgan fingerprint density at radius 2 is 2.19 bits per heavy atom. The van der Waals surface area contributed by atoms with E-state index in [9.17, 15) is 9.50 Å². The second kappa shape index (κ2) is 5.26. The zero-order chi connectivity index (χ0) is 12.2. The Hall–Kier alpha value is -1.15. The normalized spacial score (nSPS) is 14.5. The second-order valence-corrected chi connectivity index (χ2v) is 4.57. The molecule has 0 radical (unpaired) electrons. The van der Waals surface area contributed by atoms with Crippen LogP contribution in [0.5, 0.6) is 0 Å². The number of aliphatic hydroxyl groups is 1. The molecule has 2 heteroatoms. The Morgan fingerprint density at radius 1 is 1.50 bits per heavy atom. The molecule has 0 heterocycles. The van der Waals surface area contributed by atoms with Gasteiger partial charge in [0.05, 0.1) is 5.60 Å². The first-order valence-electron chi connectivity index (χ1n) is 5.53. The van der Waals surface area contributed by atoms with Gasteiger partial charge in [0.1, 0.15) is 5.82 Å². The number of benzene rings is 1. The molecule has 16 heavy (non-hydrogen) atoms. The van der Waals surface area contributed by atoms with Gasteiger partial charge < -0.3 is 5.11 Å². The first-order chi connectivity index (χ1) is 7.44. The summed E-state index contributed by atoms with van der Waals surface area (Å²) in [4.78, 5) is 0. The number of allylic oxidation sites excluding steroid dienone is 1. The van der Waals surface area contributed by atoms with Gasteiger partial charge in [-0.3, -0.25) is 0 Å². The largest absolute Gasteiger partial charge is 0.390 e. The van der Waals surface area contributed by atoms with Crippen LogP contribution in [0.3, 0.4) is 0 Å². The fourth-order valence-electron chi connectivity index (χ4n) is 1.77. The van der Waals surface area contributed by atoms with E-state index >= 15 is 0 Å². The summed E-state index contributed by atoms with van der Waals surface area (Å²) in [5, 5.41) is 10.2. The summed E-state index contributed by atoms with van der Waals surface area (Å²) in [6.45, 7) is 7.31. The lowest BCUT2D eigenvalue weighted by Gasteiger charge is -2.23. The maximum Gasteiger partial charge on any atom is 0.123 e. The maximum atomic E-state index is 12.9. The highest BCUT2D eigenvalue weighted by molar-refractivity contribution is 5.27. The Kier molecular flexibility index (Phi) is 4.25. The molecule has 0 amide bonds. The van der Waals surface area contributed by atoms with E-state index in [1.54, 1.807) is 19.1 Å². The predicted octanol–water partition coefficient (Wildman–Crippen LogP) is 3.39. The fraction of sp³-hybridized carbons (Fsp3) is 0.429. The molecule has 1 aromatic carbocycles. The van der Waals surface area contributed by atoms with Crippen LogP contribution >= 0.6 is 0 Å². The van der Waals surface area contributed by atoms with E-state index in [1.807, 2.05) is 6.92 Å². The van der Waals surface area contributed by atoms with Gasteiger partial charge in [0, 0.05) is 6.42 Å². The van der Waals surface area contributed by atoms with Crippen molar-refractivity contribution in [2.75, 3.05) is 0 Å². The number of halogens is 1. The van der Waals surface area contributed by atoms with Crippen LogP contribution in [-0.2, 0) is 6.42 Å². The number of hydrogen-bond donors (Lipinski definition) is 1. The summed E-state index contributed by atoms with van der Waals surface area (Å²) in [5.74, 6) is -0.230. The predicted molar refractivity (Wildman–Crippen MR) is 64.9 cm³/mol. The van der Waals surface area contributed by atoms with E-state index < -0.39 is 5.60 Å². The average molecular weight is 222 g/mol. The van der Waals surface area contributed by atoms with E-state index in [4.69, 9.17) is 0 Å². The smallest absolute Gasteiger partial charge is 0.123 e. The fourth-order valence-corrected chi connectivity index (χ4v) is 1.77. The second-order valence-electron chi connectivity index (χ2n) is 4.57. The summed E-state index contributed by atoms with van der Waals surface area (Å²) in [7, 11) is 0. The molecule has 1 aromatic rings. The van der Waals surface area contributed by atoms with Crippen molar-refractivity contribution in [3.8, 4) is 0 Å². The van der Waals surface area contributed by atoms with Crippen molar-refractivity contribution in [2.45, 2.75) is 38.7 Å². The van der Waals surface area contributed by atoms with E-state index in [2.05, 4.69) is 6.58 Å². The zero-order valence-electron chi connectivity index (χ0n) is 9.96. The van der Waals surface area contributed by atoms with Crippen LogP contribution in [0.25, 0.3) is 0 Å². The van der Waals surface area contributed by atoms with Crippen LogP contribution in [0.2, 0.25) is 0 Å². The molecule has 0 saturated carbocycles. The number of aryl methyl sites for hydroxylation is 1. The van der Waals surface area contributed by atoms with Gasteiger partial charge in [-0.15, -0.1) is 6.58 Å². The molecule has 0 bridgehead atoms. The molecule has 0 aliphatic heterocycles. The van der Waals surface area contributed by atoms with Crippen LogP contribution < -0.4 is 0 Å². The Balaban J connectivity index is 2.75. The van der Waals surface area contributed by atoms with Crippen molar-refractivity contribution < 1.29 is 9.50 Å². The Morgan fingerprint density at radius 3 is 2.75 bits per heavy atom. The first-order valence-corrected chi connectivity index (χ1v) is 5.53. The third-order valence-electron chi connectivity index (χ3n) is 2.76. The Labute approximate surface area is 96.6 Å². The molecule has 88 valence electrons. The summed E-state index contributed by atoms with van der Waals surface area (Å²) in [5.41, 5.74) is 1.13. The zero-order valence-corrected chi connectivity index (χ0v) is 9.96.